The van der Waals surface area contributed by atoms with Crippen LogP contribution in [-0.4, -0.2) is 5.88 Å². The first-order chi connectivity index (χ1) is 8.41. The van der Waals surface area contributed by atoms with Crippen LogP contribution in [0.5, 0.6) is 0 Å². The molecular formula is C16H29Cl. The highest BCUT2D eigenvalue weighted by atomic mass is 35.5. The lowest BCUT2D eigenvalue weighted by molar-refractivity contribution is 0.612. The normalized spacial score (nSPS) is 11.9. The first-order valence-corrected chi connectivity index (χ1v) is 7.83. The summed E-state index contributed by atoms with van der Waals surface area (Å²) in [5.74, 6) is 0.826. The number of hydrogen-bond acceptors (Lipinski definition) is 0. The fourth-order valence-electron chi connectivity index (χ4n) is 1.74. The van der Waals surface area contributed by atoms with E-state index in [4.69, 9.17) is 11.6 Å². The molecule has 0 rings (SSSR count). The SMILES string of the molecule is CCCC/C=C/C=C/CCCCCCCCCl. The highest BCUT2D eigenvalue weighted by Gasteiger charge is 1.89. The molecule has 0 aliphatic rings. The molecule has 100 valence electrons. The van der Waals surface area contributed by atoms with Crippen LogP contribution in [0.1, 0.15) is 71.1 Å². The summed E-state index contributed by atoms with van der Waals surface area (Å²) in [4.78, 5) is 0. The third kappa shape index (κ3) is 15.8. The third-order valence-electron chi connectivity index (χ3n) is 2.86. The number of allylic oxidation sites excluding steroid dienone is 4. The predicted molar refractivity (Wildman–Crippen MR) is 80.8 cm³/mol. The van der Waals surface area contributed by atoms with Crippen LogP contribution in [0.15, 0.2) is 24.3 Å². The molecule has 0 nitrogen and oxygen atoms in total. The van der Waals surface area contributed by atoms with E-state index in [1.165, 1.54) is 64.2 Å². The molecule has 1 heteroatoms. The zero-order valence-electron chi connectivity index (χ0n) is 11.5. The van der Waals surface area contributed by atoms with Gasteiger partial charge in [-0.3, -0.25) is 0 Å². The summed E-state index contributed by atoms with van der Waals surface area (Å²) in [5.41, 5.74) is 0. The maximum atomic E-state index is 5.63. The number of hydrogen-bond donors (Lipinski definition) is 0. The van der Waals surface area contributed by atoms with E-state index in [-0.39, 0.29) is 0 Å². The van der Waals surface area contributed by atoms with Gasteiger partial charge in [0.15, 0.2) is 0 Å². The van der Waals surface area contributed by atoms with Crippen molar-refractivity contribution in [3.05, 3.63) is 24.3 Å². The summed E-state index contributed by atoms with van der Waals surface area (Å²) in [6, 6.07) is 0. The lowest BCUT2D eigenvalue weighted by Crippen LogP contribution is -1.80. The van der Waals surface area contributed by atoms with Gasteiger partial charge < -0.3 is 0 Å². The second kappa shape index (κ2) is 15.8. The molecule has 0 fully saturated rings. The van der Waals surface area contributed by atoms with Crippen LogP contribution < -0.4 is 0 Å². The molecule has 0 atom stereocenters. The highest BCUT2D eigenvalue weighted by molar-refractivity contribution is 6.17. The lowest BCUT2D eigenvalue weighted by atomic mass is 10.1. The van der Waals surface area contributed by atoms with E-state index in [2.05, 4.69) is 31.2 Å². The molecule has 0 aliphatic heterocycles. The van der Waals surface area contributed by atoms with Gasteiger partial charge in [-0.25, -0.2) is 0 Å². The van der Waals surface area contributed by atoms with Crippen molar-refractivity contribution in [1.82, 2.24) is 0 Å². The quantitative estimate of drug-likeness (QED) is 0.220. The summed E-state index contributed by atoms with van der Waals surface area (Å²) >= 11 is 5.63. The topological polar surface area (TPSA) is 0 Å². The van der Waals surface area contributed by atoms with Crippen LogP contribution >= 0.6 is 11.6 Å². The molecule has 0 amide bonds. The van der Waals surface area contributed by atoms with Crippen molar-refractivity contribution in [3.63, 3.8) is 0 Å². The Kier molecular flexibility index (Phi) is 15.6. The fourth-order valence-corrected chi connectivity index (χ4v) is 1.92. The van der Waals surface area contributed by atoms with Crippen LogP contribution in [0, 0.1) is 0 Å². The van der Waals surface area contributed by atoms with Crippen LogP contribution in [0.3, 0.4) is 0 Å². The van der Waals surface area contributed by atoms with E-state index in [0.29, 0.717) is 0 Å². The average molecular weight is 257 g/mol. The Hall–Kier alpha value is -0.230. The third-order valence-corrected chi connectivity index (χ3v) is 3.13. The average Bonchev–Trinajstić information content (AvgIpc) is 2.35. The van der Waals surface area contributed by atoms with Gasteiger partial charge in [-0.05, 0) is 25.7 Å². The van der Waals surface area contributed by atoms with Gasteiger partial charge in [-0.2, -0.15) is 0 Å². The fraction of sp³-hybridized carbons (Fsp3) is 0.750. The Labute approximate surface area is 113 Å². The Morgan fingerprint density at radius 1 is 0.706 bits per heavy atom. The van der Waals surface area contributed by atoms with Gasteiger partial charge >= 0.3 is 0 Å². The van der Waals surface area contributed by atoms with E-state index in [1.807, 2.05) is 0 Å². The number of halogens is 1. The second-order valence-electron chi connectivity index (χ2n) is 4.60. The maximum Gasteiger partial charge on any atom is 0.0223 e. The molecular weight excluding hydrogens is 228 g/mol. The summed E-state index contributed by atoms with van der Waals surface area (Å²) < 4.78 is 0. The smallest absolute Gasteiger partial charge is 0.0223 e. The van der Waals surface area contributed by atoms with Gasteiger partial charge in [-0.1, -0.05) is 69.8 Å². The number of unbranched alkanes of at least 4 members (excludes halogenated alkanes) is 8. The van der Waals surface area contributed by atoms with Crippen molar-refractivity contribution in [1.29, 1.82) is 0 Å². The predicted octanol–water partition coefficient (Wildman–Crippen LogP) is 6.26. The molecule has 0 N–H and O–H groups in total. The first-order valence-electron chi connectivity index (χ1n) is 7.29. The Balaban J connectivity index is 3.11. The van der Waals surface area contributed by atoms with Crippen LogP contribution in [0.2, 0.25) is 0 Å². The molecule has 17 heavy (non-hydrogen) atoms. The standard InChI is InChI=1S/C16H29Cl/c1-2-3-4-5-6-7-8-9-10-11-12-13-14-15-16-17/h5-8H,2-4,9-16H2,1H3/b6-5+,8-7+. The summed E-state index contributed by atoms with van der Waals surface area (Å²) in [6.07, 6.45) is 21.9. The molecule has 0 saturated heterocycles. The van der Waals surface area contributed by atoms with Gasteiger partial charge in [-0.15, -0.1) is 11.6 Å². The molecule has 0 radical (unpaired) electrons. The number of alkyl halides is 1. The van der Waals surface area contributed by atoms with Crippen molar-refractivity contribution in [2.75, 3.05) is 5.88 Å². The van der Waals surface area contributed by atoms with Crippen LogP contribution in [0.25, 0.3) is 0 Å². The Morgan fingerprint density at radius 3 is 1.82 bits per heavy atom. The first kappa shape index (κ1) is 16.8. The van der Waals surface area contributed by atoms with Crippen LogP contribution in [0.4, 0.5) is 0 Å². The van der Waals surface area contributed by atoms with Crippen molar-refractivity contribution >= 4 is 11.6 Å². The maximum absolute atomic E-state index is 5.63. The molecule has 0 saturated carbocycles. The van der Waals surface area contributed by atoms with Gasteiger partial charge in [0.1, 0.15) is 0 Å². The van der Waals surface area contributed by atoms with E-state index in [9.17, 15) is 0 Å². The minimum atomic E-state index is 0.826. The number of rotatable bonds is 12. The van der Waals surface area contributed by atoms with Gasteiger partial charge in [0.05, 0.1) is 0 Å². The molecule has 0 unspecified atom stereocenters. The molecule has 0 heterocycles. The Bertz CT molecular complexity index is 182. The molecule has 0 aromatic carbocycles. The molecule has 0 aliphatic carbocycles. The largest absolute Gasteiger partial charge is 0.127 e. The highest BCUT2D eigenvalue weighted by Crippen LogP contribution is 2.08. The second-order valence-corrected chi connectivity index (χ2v) is 4.98. The van der Waals surface area contributed by atoms with Gasteiger partial charge in [0, 0.05) is 5.88 Å². The minimum Gasteiger partial charge on any atom is -0.127 e. The van der Waals surface area contributed by atoms with Crippen LogP contribution in [-0.2, 0) is 0 Å². The molecule has 0 bridgehead atoms. The van der Waals surface area contributed by atoms with E-state index in [1.54, 1.807) is 0 Å². The summed E-state index contributed by atoms with van der Waals surface area (Å²) in [7, 11) is 0. The zero-order chi connectivity index (χ0) is 12.6. The Morgan fingerprint density at radius 2 is 1.24 bits per heavy atom. The van der Waals surface area contributed by atoms with Crippen molar-refractivity contribution in [2.24, 2.45) is 0 Å². The summed E-state index contributed by atoms with van der Waals surface area (Å²) in [5, 5.41) is 0. The van der Waals surface area contributed by atoms with Gasteiger partial charge in [0.2, 0.25) is 0 Å². The molecule has 0 aromatic heterocycles. The van der Waals surface area contributed by atoms with Crippen molar-refractivity contribution < 1.29 is 0 Å². The lowest BCUT2D eigenvalue weighted by Gasteiger charge is -1.98. The van der Waals surface area contributed by atoms with Crippen molar-refractivity contribution in [2.45, 2.75) is 71.1 Å². The molecule has 0 aromatic rings. The minimum absolute atomic E-state index is 0.826. The summed E-state index contributed by atoms with van der Waals surface area (Å²) in [6.45, 7) is 2.23. The zero-order valence-corrected chi connectivity index (χ0v) is 12.2. The van der Waals surface area contributed by atoms with Crippen molar-refractivity contribution in [3.8, 4) is 0 Å². The van der Waals surface area contributed by atoms with E-state index in [0.717, 1.165) is 5.88 Å². The van der Waals surface area contributed by atoms with Gasteiger partial charge in [0.25, 0.3) is 0 Å². The molecule has 0 spiro atoms. The van der Waals surface area contributed by atoms with E-state index < -0.39 is 0 Å². The van der Waals surface area contributed by atoms with E-state index >= 15 is 0 Å². The monoisotopic (exact) mass is 256 g/mol.